The molecule has 0 N–H and O–H groups in total. The molecular weight excluding hydrogens is 373 g/mol. The Balaban J connectivity index is 1.84. The molecule has 0 aliphatic heterocycles. The van der Waals surface area contributed by atoms with Crippen molar-refractivity contribution in [2.24, 2.45) is 0 Å². The zero-order chi connectivity index (χ0) is 18.0. The van der Waals surface area contributed by atoms with Crippen molar-refractivity contribution < 1.29 is 17.7 Å². The molecule has 0 fully saturated rings. The minimum Gasteiger partial charge on any atom is -0.338 e. The average molecular weight is 382 g/mol. The number of pyridine rings is 1. The maximum Gasteiger partial charge on any atom is 0.417 e. The van der Waals surface area contributed by atoms with Crippen LogP contribution >= 0.6 is 23.1 Å². The van der Waals surface area contributed by atoms with Gasteiger partial charge < -0.3 is 4.52 Å². The first-order valence-electron chi connectivity index (χ1n) is 6.85. The average Bonchev–Trinajstić information content (AvgIpc) is 3.22. The van der Waals surface area contributed by atoms with Gasteiger partial charge in [-0.05, 0) is 24.4 Å². The Morgan fingerprint density at radius 1 is 1.36 bits per heavy atom. The van der Waals surface area contributed by atoms with Crippen LogP contribution in [0.2, 0.25) is 0 Å². The van der Waals surface area contributed by atoms with Crippen LogP contribution in [0.5, 0.6) is 0 Å². The van der Waals surface area contributed by atoms with Crippen LogP contribution in [0.4, 0.5) is 13.2 Å². The molecule has 0 bridgehead atoms. The van der Waals surface area contributed by atoms with Gasteiger partial charge in [-0.1, -0.05) is 16.9 Å². The molecule has 25 heavy (non-hydrogen) atoms. The first-order valence-corrected chi connectivity index (χ1v) is 8.78. The van der Waals surface area contributed by atoms with E-state index in [0.29, 0.717) is 5.82 Å². The summed E-state index contributed by atoms with van der Waals surface area (Å²) in [6.45, 7) is 1.45. The number of thioether (sulfide) groups is 1. The third-order valence-corrected chi connectivity index (χ3v) is 4.75. The lowest BCUT2D eigenvalue weighted by Crippen LogP contribution is -2.10. The molecule has 10 heteroatoms. The van der Waals surface area contributed by atoms with Crippen LogP contribution in [-0.2, 0) is 11.9 Å². The molecule has 0 unspecified atom stereocenters. The molecule has 128 valence electrons. The van der Waals surface area contributed by atoms with E-state index in [4.69, 9.17) is 9.78 Å². The SMILES string of the molecule is Cc1cc(C(F)(F)F)c(C#N)c(SCc2nc(-c3ccsc3)no2)n1. The summed E-state index contributed by atoms with van der Waals surface area (Å²) in [6, 6.07) is 4.29. The van der Waals surface area contributed by atoms with Crippen LogP contribution in [0.25, 0.3) is 11.4 Å². The first kappa shape index (κ1) is 17.4. The van der Waals surface area contributed by atoms with Gasteiger partial charge in [-0.2, -0.15) is 34.8 Å². The van der Waals surface area contributed by atoms with Crippen LogP contribution in [-0.4, -0.2) is 15.1 Å². The number of nitriles is 1. The highest BCUT2D eigenvalue weighted by atomic mass is 32.2. The summed E-state index contributed by atoms with van der Waals surface area (Å²) >= 11 is 2.44. The second-order valence-electron chi connectivity index (χ2n) is 4.91. The molecular formula is C15H9F3N4OS2. The van der Waals surface area contributed by atoms with E-state index in [0.717, 1.165) is 23.4 Å². The predicted molar refractivity (Wildman–Crippen MR) is 85.9 cm³/mol. The Labute approximate surface area is 148 Å². The minimum absolute atomic E-state index is 0.00916. The van der Waals surface area contributed by atoms with Crippen molar-refractivity contribution in [2.45, 2.75) is 23.9 Å². The molecule has 0 atom stereocenters. The highest BCUT2D eigenvalue weighted by Crippen LogP contribution is 2.36. The Bertz CT molecular complexity index is 929. The van der Waals surface area contributed by atoms with Crippen molar-refractivity contribution in [3.05, 3.63) is 45.6 Å². The van der Waals surface area contributed by atoms with E-state index in [2.05, 4.69) is 15.1 Å². The summed E-state index contributed by atoms with van der Waals surface area (Å²) in [5.74, 6) is 0.761. The summed E-state index contributed by atoms with van der Waals surface area (Å²) in [6.07, 6.45) is -4.62. The number of aromatic nitrogens is 3. The van der Waals surface area contributed by atoms with Gasteiger partial charge in [0.15, 0.2) is 0 Å². The third kappa shape index (κ3) is 3.83. The molecule has 3 aromatic rings. The van der Waals surface area contributed by atoms with E-state index in [1.807, 2.05) is 16.8 Å². The molecule has 0 aromatic carbocycles. The van der Waals surface area contributed by atoms with E-state index >= 15 is 0 Å². The molecule has 3 rings (SSSR count). The van der Waals surface area contributed by atoms with E-state index < -0.39 is 17.3 Å². The zero-order valence-corrected chi connectivity index (χ0v) is 14.3. The number of aryl methyl sites for hydroxylation is 1. The number of hydrogen-bond acceptors (Lipinski definition) is 7. The maximum atomic E-state index is 13.1. The second kappa shape index (κ2) is 6.85. The molecule has 0 saturated carbocycles. The summed E-state index contributed by atoms with van der Waals surface area (Å²) in [7, 11) is 0. The van der Waals surface area contributed by atoms with Gasteiger partial charge in [0.05, 0.1) is 16.9 Å². The number of rotatable bonds is 4. The first-order chi connectivity index (χ1) is 11.9. The fourth-order valence-corrected chi connectivity index (χ4v) is 3.55. The Hall–Kier alpha value is -2.38. The van der Waals surface area contributed by atoms with Gasteiger partial charge in [-0.3, -0.25) is 0 Å². The quantitative estimate of drug-likeness (QED) is 0.610. The normalized spacial score (nSPS) is 11.5. The molecule has 0 amide bonds. The number of halogens is 3. The Morgan fingerprint density at radius 2 is 2.16 bits per heavy atom. The van der Waals surface area contributed by atoms with Crippen molar-refractivity contribution in [1.82, 2.24) is 15.1 Å². The molecule has 0 spiro atoms. The van der Waals surface area contributed by atoms with Crippen LogP contribution in [0.15, 0.2) is 32.4 Å². The molecule has 3 heterocycles. The van der Waals surface area contributed by atoms with Crippen molar-refractivity contribution in [1.29, 1.82) is 5.26 Å². The highest BCUT2D eigenvalue weighted by Gasteiger charge is 2.35. The van der Waals surface area contributed by atoms with Gasteiger partial charge in [0.1, 0.15) is 11.1 Å². The summed E-state index contributed by atoms with van der Waals surface area (Å²) in [5.41, 5.74) is -0.510. The number of alkyl halides is 3. The van der Waals surface area contributed by atoms with Crippen molar-refractivity contribution >= 4 is 23.1 Å². The van der Waals surface area contributed by atoms with Crippen LogP contribution in [0.3, 0.4) is 0 Å². The second-order valence-corrected chi connectivity index (χ2v) is 6.66. The van der Waals surface area contributed by atoms with Crippen LogP contribution in [0, 0.1) is 18.3 Å². The molecule has 3 aromatic heterocycles. The number of hydrogen-bond donors (Lipinski definition) is 0. The Morgan fingerprint density at radius 3 is 2.80 bits per heavy atom. The molecule has 0 aliphatic rings. The highest BCUT2D eigenvalue weighted by molar-refractivity contribution is 7.98. The summed E-state index contributed by atoms with van der Waals surface area (Å²) in [5, 5.41) is 16.7. The standard InChI is InChI=1S/C15H9F3N4OS2/c1-8-4-11(15(16,17)18)10(5-19)14(20-8)25-7-12-21-13(22-23-12)9-2-3-24-6-9/h2-4,6H,7H2,1H3. The zero-order valence-electron chi connectivity index (χ0n) is 12.7. The lowest BCUT2D eigenvalue weighted by molar-refractivity contribution is -0.138. The fourth-order valence-electron chi connectivity index (χ4n) is 2.03. The predicted octanol–water partition coefficient (Wildman–Crippen LogP) is 4.68. The fraction of sp³-hybridized carbons (Fsp3) is 0.200. The molecule has 0 saturated heterocycles. The van der Waals surface area contributed by atoms with Gasteiger partial charge in [-0.15, -0.1) is 0 Å². The smallest absolute Gasteiger partial charge is 0.338 e. The van der Waals surface area contributed by atoms with Gasteiger partial charge >= 0.3 is 6.18 Å². The monoisotopic (exact) mass is 382 g/mol. The molecule has 0 radical (unpaired) electrons. The number of nitrogens with zero attached hydrogens (tertiary/aromatic N) is 4. The van der Waals surface area contributed by atoms with Gasteiger partial charge in [0.2, 0.25) is 11.7 Å². The van der Waals surface area contributed by atoms with Crippen molar-refractivity contribution in [3.63, 3.8) is 0 Å². The maximum absolute atomic E-state index is 13.1. The molecule has 5 nitrogen and oxygen atoms in total. The van der Waals surface area contributed by atoms with E-state index in [-0.39, 0.29) is 22.4 Å². The largest absolute Gasteiger partial charge is 0.417 e. The van der Waals surface area contributed by atoms with Crippen LogP contribution in [0.1, 0.15) is 22.7 Å². The molecule has 0 aliphatic carbocycles. The van der Waals surface area contributed by atoms with E-state index in [1.54, 1.807) is 6.07 Å². The third-order valence-electron chi connectivity index (χ3n) is 3.11. The van der Waals surface area contributed by atoms with Gasteiger partial charge in [0.25, 0.3) is 0 Å². The topological polar surface area (TPSA) is 75.6 Å². The number of thiophene rings is 1. The minimum atomic E-state index is -4.62. The van der Waals surface area contributed by atoms with Gasteiger partial charge in [0, 0.05) is 16.6 Å². The van der Waals surface area contributed by atoms with Crippen LogP contribution < -0.4 is 0 Å². The van der Waals surface area contributed by atoms with Crippen molar-refractivity contribution in [3.8, 4) is 17.5 Å². The van der Waals surface area contributed by atoms with Gasteiger partial charge in [-0.25, -0.2) is 4.98 Å². The lowest BCUT2D eigenvalue weighted by Gasteiger charge is -2.12. The Kier molecular flexibility index (Phi) is 4.78. The summed E-state index contributed by atoms with van der Waals surface area (Å²) in [4.78, 5) is 8.23. The van der Waals surface area contributed by atoms with E-state index in [1.165, 1.54) is 18.3 Å². The van der Waals surface area contributed by atoms with Crippen molar-refractivity contribution in [2.75, 3.05) is 0 Å². The lowest BCUT2D eigenvalue weighted by atomic mass is 10.1. The van der Waals surface area contributed by atoms with E-state index in [9.17, 15) is 13.2 Å². The summed E-state index contributed by atoms with van der Waals surface area (Å²) < 4.78 is 44.4.